The van der Waals surface area contributed by atoms with E-state index < -0.39 is 0 Å². The second-order valence-electron chi connectivity index (χ2n) is 6.83. The number of aromatic nitrogens is 2. The summed E-state index contributed by atoms with van der Waals surface area (Å²) in [6.45, 7) is 4.22. The van der Waals surface area contributed by atoms with Gasteiger partial charge in [0.25, 0.3) is 6.47 Å². The number of hydrogen-bond acceptors (Lipinski definition) is 6. The number of ether oxygens (including phenoxy) is 1. The summed E-state index contributed by atoms with van der Waals surface area (Å²) < 4.78 is 10.8. The van der Waals surface area contributed by atoms with Crippen molar-refractivity contribution in [1.29, 1.82) is 0 Å². The molecule has 4 aromatic rings. The Labute approximate surface area is 174 Å². The quantitative estimate of drug-likeness (QED) is 0.445. The summed E-state index contributed by atoms with van der Waals surface area (Å²) in [6, 6.07) is 17.7. The Kier molecular flexibility index (Phi) is 5.30. The monoisotopic (exact) mass is 399 g/mol. The molecule has 0 spiro atoms. The van der Waals surface area contributed by atoms with Crippen LogP contribution in [0, 0.1) is 13.8 Å². The lowest BCUT2D eigenvalue weighted by Gasteiger charge is -2.17. The summed E-state index contributed by atoms with van der Waals surface area (Å²) in [5.41, 5.74) is 6.66. The van der Waals surface area contributed by atoms with E-state index in [1.165, 1.54) is 0 Å². The topological polar surface area (TPSA) is 77.2 Å². The molecule has 6 heteroatoms. The highest BCUT2D eigenvalue weighted by Gasteiger charge is 2.21. The summed E-state index contributed by atoms with van der Waals surface area (Å²) in [5.74, 6) is 1.16. The van der Waals surface area contributed by atoms with Crippen LogP contribution in [0.15, 0.2) is 65.3 Å². The van der Waals surface area contributed by atoms with Gasteiger partial charge in [-0.15, -0.1) is 0 Å². The van der Waals surface area contributed by atoms with E-state index in [0.717, 1.165) is 45.0 Å². The molecule has 2 aromatic carbocycles. The second-order valence-corrected chi connectivity index (χ2v) is 6.83. The molecular formula is C24H21N3O3. The van der Waals surface area contributed by atoms with Gasteiger partial charge in [0.1, 0.15) is 5.76 Å². The largest absolute Gasteiger partial charge is 0.426 e. The van der Waals surface area contributed by atoms with Crippen molar-refractivity contribution in [2.24, 2.45) is 0 Å². The predicted molar refractivity (Wildman–Crippen MR) is 116 cm³/mol. The summed E-state index contributed by atoms with van der Waals surface area (Å²) in [4.78, 5) is 15.9. The fourth-order valence-electron chi connectivity index (χ4n) is 3.68. The second kappa shape index (κ2) is 8.21. The van der Waals surface area contributed by atoms with Crippen LogP contribution in [0.25, 0.3) is 33.5 Å². The minimum atomic E-state index is 0.438. The van der Waals surface area contributed by atoms with E-state index in [-0.39, 0.29) is 0 Å². The Morgan fingerprint density at radius 1 is 1.00 bits per heavy atom. The van der Waals surface area contributed by atoms with Gasteiger partial charge in [-0.3, -0.25) is 9.78 Å². The highest BCUT2D eigenvalue weighted by Crippen LogP contribution is 2.44. The first-order chi connectivity index (χ1) is 14.6. The number of pyridine rings is 1. The number of rotatable bonds is 6. The first-order valence-electron chi connectivity index (χ1n) is 9.54. The van der Waals surface area contributed by atoms with E-state index in [0.29, 0.717) is 17.9 Å². The standard InChI is InChI=1S/C24H21N3O3/c1-15-22(16(2)30-27-15)18-12-20(24(29-14-28)21(13-18)25-3)19-10-7-11-26-23(19)17-8-5-4-6-9-17/h4-14,25H,1-3H3. The van der Waals surface area contributed by atoms with Crippen molar-refractivity contribution in [3.05, 3.63) is 72.2 Å². The first-order valence-corrected chi connectivity index (χ1v) is 9.54. The maximum absolute atomic E-state index is 11.3. The molecule has 6 nitrogen and oxygen atoms in total. The SMILES string of the molecule is CNc1cc(-c2c(C)noc2C)cc(-c2cccnc2-c2ccccc2)c1OC=O. The zero-order valence-electron chi connectivity index (χ0n) is 17.0. The van der Waals surface area contributed by atoms with Gasteiger partial charge in [-0.2, -0.15) is 0 Å². The van der Waals surface area contributed by atoms with Gasteiger partial charge in [0.2, 0.25) is 0 Å². The van der Waals surface area contributed by atoms with E-state index >= 15 is 0 Å². The average Bonchev–Trinajstić information content (AvgIpc) is 3.12. The van der Waals surface area contributed by atoms with Gasteiger partial charge < -0.3 is 14.6 Å². The summed E-state index contributed by atoms with van der Waals surface area (Å²) in [7, 11) is 1.79. The van der Waals surface area contributed by atoms with Crippen LogP contribution in [-0.2, 0) is 4.79 Å². The number of carbonyl (C=O) groups excluding carboxylic acids is 1. The van der Waals surface area contributed by atoms with Gasteiger partial charge in [0, 0.05) is 35.5 Å². The van der Waals surface area contributed by atoms with Crippen LogP contribution in [0.4, 0.5) is 5.69 Å². The third kappa shape index (κ3) is 3.43. The maximum atomic E-state index is 11.3. The molecule has 0 aliphatic carbocycles. The molecule has 0 saturated heterocycles. The molecule has 4 rings (SSSR count). The van der Waals surface area contributed by atoms with E-state index in [9.17, 15) is 4.79 Å². The fourth-order valence-corrected chi connectivity index (χ4v) is 3.68. The van der Waals surface area contributed by atoms with Crippen LogP contribution in [0.2, 0.25) is 0 Å². The molecule has 0 saturated carbocycles. The first kappa shape index (κ1) is 19.4. The van der Waals surface area contributed by atoms with Crippen molar-refractivity contribution in [3.8, 4) is 39.3 Å². The predicted octanol–water partition coefficient (Wildman–Crippen LogP) is 5.26. The number of hydrogen-bond donors (Lipinski definition) is 1. The smallest absolute Gasteiger partial charge is 0.298 e. The Morgan fingerprint density at radius 2 is 1.80 bits per heavy atom. The molecule has 0 radical (unpaired) electrons. The lowest BCUT2D eigenvalue weighted by Crippen LogP contribution is -2.01. The molecule has 0 aliphatic rings. The number of benzene rings is 2. The van der Waals surface area contributed by atoms with E-state index in [2.05, 4.69) is 15.5 Å². The van der Waals surface area contributed by atoms with E-state index in [4.69, 9.17) is 9.26 Å². The van der Waals surface area contributed by atoms with Gasteiger partial charge >= 0.3 is 0 Å². The van der Waals surface area contributed by atoms with Crippen LogP contribution in [-0.4, -0.2) is 23.7 Å². The Balaban J connectivity index is 2.02. The Bertz CT molecular complexity index is 1180. The molecule has 2 aromatic heterocycles. The zero-order valence-corrected chi connectivity index (χ0v) is 17.0. The number of nitrogens with one attached hydrogen (secondary N) is 1. The van der Waals surface area contributed by atoms with Crippen molar-refractivity contribution < 1.29 is 14.1 Å². The number of carbonyl (C=O) groups is 1. The van der Waals surface area contributed by atoms with Crippen LogP contribution in [0.1, 0.15) is 11.5 Å². The third-order valence-corrected chi connectivity index (χ3v) is 4.99. The molecule has 0 fully saturated rings. The lowest BCUT2D eigenvalue weighted by molar-refractivity contribution is -0.120. The molecule has 30 heavy (non-hydrogen) atoms. The van der Waals surface area contributed by atoms with Crippen LogP contribution in [0.3, 0.4) is 0 Å². The van der Waals surface area contributed by atoms with Crippen molar-refractivity contribution in [3.63, 3.8) is 0 Å². The maximum Gasteiger partial charge on any atom is 0.298 e. The van der Waals surface area contributed by atoms with E-state index in [1.807, 2.05) is 68.4 Å². The van der Waals surface area contributed by atoms with Crippen LogP contribution >= 0.6 is 0 Å². The Morgan fingerprint density at radius 3 is 2.47 bits per heavy atom. The zero-order chi connectivity index (χ0) is 21.1. The summed E-state index contributed by atoms with van der Waals surface area (Å²) >= 11 is 0. The molecule has 0 bridgehead atoms. The minimum absolute atomic E-state index is 0.438. The van der Waals surface area contributed by atoms with Gasteiger partial charge in [-0.05, 0) is 37.6 Å². The molecule has 0 amide bonds. The van der Waals surface area contributed by atoms with Crippen molar-refractivity contribution in [2.75, 3.05) is 12.4 Å². The minimum Gasteiger partial charge on any atom is -0.426 e. The number of nitrogens with zero attached hydrogens (tertiary/aromatic N) is 2. The van der Waals surface area contributed by atoms with E-state index in [1.54, 1.807) is 13.2 Å². The highest BCUT2D eigenvalue weighted by atomic mass is 16.5. The van der Waals surface area contributed by atoms with Gasteiger partial charge in [-0.1, -0.05) is 41.6 Å². The van der Waals surface area contributed by atoms with Crippen LogP contribution < -0.4 is 10.1 Å². The molecular weight excluding hydrogens is 378 g/mol. The van der Waals surface area contributed by atoms with Crippen molar-refractivity contribution >= 4 is 12.2 Å². The van der Waals surface area contributed by atoms with Crippen molar-refractivity contribution in [2.45, 2.75) is 13.8 Å². The third-order valence-electron chi connectivity index (χ3n) is 4.99. The average molecular weight is 399 g/mol. The summed E-state index contributed by atoms with van der Waals surface area (Å²) in [6.07, 6.45) is 1.75. The summed E-state index contributed by atoms with van der Waals surface area (Å²) in [5, 5.41) is 7.21. The van der Waals surface area contributed by atoms with Gasteiger partial charge in [-0.25, -0.2) is 0 Å². The molecule has 0 atom stereocenters. The molecule has 150 valence electrons. The lowest BCUT2D eigenvalue weighted by atomic mass is 9.93. The molecule has 1 N–H and O–H groups in total. The fraction of sp³-hybridized carbons (Fsp3) is 0.125. The van der Waals surface area contributed by atoms with Gasteiger partial charge in [0.15, 0.2) is 5.75 Å². The molecule has 0 unspecified atom stereocenters. The van der Waals surface area contributed by atoms with Crippen molar-refractivity contribution in [1.82, 2.24) is 10.1 Å². The Hall–Kier alpha value is -3.93. The number of anilines is 1. The molecule has 0 aliphatic heterocycles. The highest BCUT2D eigenvalue weighted by molar-refractivity contribution is 5.91. The molecule has 2 heterocycles. The van der Waals surface area contributed by atoms with Crippen LogP contribution in [0.5, 0.6) is 5.75 Å². The normalized spacial score (nSPS) is 10.6. The van der Waals surface area contributed by atoms with Gasteiger partial charge in [0.05, 0.1) is 17.1 Å². The number of aryl methyl sites for hydroxylation is 2.